The molecule has 0 amide bonds. The van der Waals surface area contributed by atoms with Gasteiger partial charge in [0.2, 0.25) is 0 Å². The zero-order valence-corrected chi connectivity index (χ0v) is 27.9. The molecule has 0 fully saturated rings. The zero-order chi connectivity index (χ0) is 31.2. The molecular weight excluding hydrogens is 557 g/mol. The van der Waals surface area contributed by atoms with Crippen LogP contribution in [-0.2, 0) is 32.7 Å². The summed E-state index contributed by atoms with van der Waals surface area (Å²) in [6.45, 7) is 3.70. The van der Waals surface area contributed by atoms with Gasteiger partial charge < -0.3 is 20.1 Å². The van der Waals surface area contributed by atoms with Crippen LogP contribution in [-0.4, -0.2) is 49.3 Å². The summed E-state index contributed by atoms with van der Waals surface area (Å²) in [6, 6.07) is 0. The lowest BCUT2D eigenvalue weighted by atomic mass is 10.1. The minimum Gasteiger partial charge on any atom is -0.462 e. The highest BCUT2D eigenvalue weighted by atomic mass is 31.2. The van der Waals surface area contributed by atoms with E-state index in [-0.39, 0.29) is 38.6 Å². The molecule has 0 saturated heterocycles. The van der Waals surface area contributed by atoms with Crippen molar-refractivity contribution in [3.8, 4) is 0 Å². The Morgan fingerprint density at radius 2 is 1.02 bits per heavy atom. The number of carbonyl (C=O) groups excluding carboxylic acids is 2. The van der Waals surface area contributed by atoms with Crippen LogP contribution in [0.15, 0.2) is 0 Å². The van der Waals surface area contributed by atoms with Gasteiger partial charge in [0.05, 0.1) is 13.2 Å². The lowest BCUT2D eigenvalue weighted by Crippen LogP contribution is -2.29. The third kappa shape index (κ3) is 29.1. The van der Waals surface area contributed by atoms with Crippen LogP contribution in [0.2, 0.25) is 0 Å². The Kier molecular flexibility index (Phi) is 29.3. The van der Waals surface area contributed by atoms with Crippen LogP contribution in [0.5, 0.6) is 0 Å². The SMILES string of the molecule is CCCCCCCCCCCCCC(=O)O[C@H](COC(=O)CCCCCCCCCCCC)COP(=O)(O)OCCN. The predicted molar refractivity (Wildman–Crippen MR) is 169 cm³/mol. The van der Waals surface area contributed by atoms with Gasteiger partial charge in [0, 0.05) is 19.4 Å². The average molecular weight is 622 g/mol. The Morgan fingerprint density at radius 3 is 1.45 bits per heavy atom. The first-order valence-corrected chi connectivity index (χ1v) is 18.5. The number of carbonyl (C=O) groups is 2. The summed E-state index contributed by atoms with van der Waals surface area (Å²) in [6.07, 6.45) is 24.2. The number of hydrogen-bond acceptors (Lipinski definition) is 8. The molecule has 0 aliphatic heterocycles. The van der Waals surface area contributed by atoms with Crippen LogP contribution < -0.4 is 5.73 Å². The average Bonchev–Trinajstić information content (AvgIpc) is 2.97. The van der Waals surface area contributed by atoms with Gasteiger partial charge in [-0.2, -0.15) is 0 Å². The summed E-state index contributed by atoms with van der Waals surface area (Å²) >= 11 is 0. The van der Waals surface area contributed by atoms with Gasteiger partial charge >= 0.3 is 19.8 Å². The van der Waals surface area contributed by atoms with Gasteiger partial charge in [-0.25, -0.2) is 4.57 Å². The van der Waals surface area contributed by atoms with Gasteiger partial charge in [-0.15, -0.1) is 0 Å². The highest BCUT2D eigenvalue weighted by molar-refractivity contribution is 7.47. The summed E-state index contributed by atoms with van der Waals surface area (Å²) in [5, 5.41) is 0. The standard InChI is InChI=1S/C32H64NO8P/c1-3-5-7-9-11-13-15-17-19-21-23-25-32(35)41-30(29-40-42(36,37)39-27-26-33)28-38-31(34)24-22-20-18-16-14-12-10-8-6-4-2/h30H,3-29,33H2,1-2H3,(H,36,37)/t30-/m1/s1. The Bertz CT molecular complexity index is 679. The van der Waals surface area contributed by atoms with E-state index in [9.17, 15) is 19.0 Å². The molecule has 0 aromatic rings. The Balaban J connectivity index is 4.27. The molecule has 0 bridgehead atoms. The number of hydrogen-bond donors (Lipinski definition) is 2. The second-order valence-electron chi connectivity index (χ2n) is 11.4. The molecule has 1 unspecified atom stereocenters. The van der Waals surface area contributed by atoms with E-state index in [0.717, 1.165) is 32.1 Å². The lowest BCUT2D eigenvalue weighted by Gasteiger charge is -2.19. The molecule has 0 aliphatic carbocycles. The van der Waals surface area contributed by atoms with E-state index in [1.165, 1.54) is 96.3 Å². The molecule has 3 N–H and O–H groups in total. The summed E-state index contributed by atoms with van der Waals surface area (Å²) < 4.78 is 32.5. The molecular formula is C32H64NO8P. The van der Waals surface area contributed by atoms with Crippen molar-refractivity contribution < 1.29 is 37.6 Å². The second-order valence-corrected chi connectivity index (χ2v) is 12.9. The van der Waals surface area contributed by atoms with Crippen molar-refractivity contribution in [1.82, 2.24) is 0 Å². The fourth-order valence-corrected chi connectivity index (χ4v) is 5.46. The fourth-order valence-electron chi connectivity index (χ4n) is 4.69. The van der Waals surface area contributed by atoms with E-state index in [4.69, 9.17) is 24.3 Å². The maximum Gasteiger partial charge on any atom is 0.472 e. The Morgan fingerprint density at radius 1 is 0.619 bits per heavy atom. The van der Waals surface area contributed by atoms with E-state index < -0.39 is 26.5 Å². The van der Waals surface area contributed by atoms with E-state index in [1.54, 1.807) is 0 Å². The maximum absolute atomic E-state index is 12.4. The number of unbranched alkanes of at least 4 members (excludes halogenated alkanes) is 19. The van der Waals surface area contributed by atoms with Crippen LogP contribution in [0, 0.1) is 0 Å². The van der Waals surface area contributed by atoms with Crippen LogP contribution in [0.25, 0.3) is 0 Å². The van der Waals surface area contributed by atoms with Crippen LogP contribution in [0.3, 0.4) is 0 Å². The third-order valence-electron chi connectivity index (χ3n) is 7.24. The van der Waals surface area contributed by atoms with Crippen LogP contribution >= 0.6 is 7.82 Å². The molecule has 0 aromatic carbocycles. The van der Waals surface area contributed by atoms with Gasteiger partial charge in [-0.05, 0) is 12.8 Å². The first kappa shape index (κ1) is 41.0. The topological polar surface area (TPSA) is 134 Å². The number of esters is 2. The van der Waals surface area contributed by atoms with Crippen LogP contribution in [0.1, 0.15) is 162 Å². The van der Waals surface area contributed by atoms with Crippen LogP contribution in [0.4, 0.5) is 0 Å². The minimum atomic E-state index is -4.35. The molecule has 0 saturated carbocycles. The van der Waals surface area contributed by atoms with E-state index in [2.05, 4.69) is 13.8 Å². The minimum absolute atomic E-state index is 0.0574. The molecule has 0 aromatic heterocycles. The smallest absolute Gasteiger partial charge is 0.462 e. The van der Waals surface area contributed by atoms with Gasteiger partial charge in [-0.3, -0.25) is 18.6 Å². The molecule has 0 spiro atoms. The number of ether oxygens (including phenoxy) is 2. The van der Waals surface area contributed by atoms with Crippen molar-refractivity contribution in [2.24, 2.45) is 5.73 Å². The Labute approximate surface area is 257 Å². The summed E-state index contributed by atoms with van der Waals surface area (Å²) in [4.78, 5) is 34.5. The molecule has 9 nitrogen and oxygen atoms in total. The van der Waals surface area contributed by atoms with Crippen molar-refractivity contribution in [3.05, 3.63) is 0 Å². The summed E-state index contributed by atoms with van der Waals surface area (Å²) in [5.74, 6) is -0.826. The van der Waals surface area contributed by atoms with Crippen molar-refractivity contribution in [2.75, 3.05) is 26.4 Å². The molecule has 0 rings (SSSR count). The number of phosphoric ester groups is 1. The number of rotatable bonds is 32. The van der Waals surface area contributed by atoms with Gasteiger partial charge in [0.25, 0.3) is 0 Å². The van der Waals surface area contributed by atoms with Crippen molar-refractivity contribution in [1.29, 1.82) is 0 Å². The van der Waals surface area contributed by atoms with Crippen molar-refractivity contribution in [2.45, 2.75) is 168 Å². The van der Waals surface area contributed by atoms with Gasteiger partial charge in [0.15, 0.2) is 6.10 Å². The highest BCUT2D eigenvalue weighted by Gasteiger charge is 2.25. The molecule has 0 radical (unpaired) electrons. The first-order valence-electron chi connectivity index (χ1n) is 17.0. The zero-order valence-electron chi connectivity index (χ0n) is 27.0. The number of nitrogens with two attached hydrogens (primary N) is 1. The second kappa shape index (κ2) is 30.1. The summed E-state index contributed by atoms with van der Waals surface area (Å²) in [5.41, 5.74) is 5.31. The monoisotopic (exact) mass is 621 g/mol. The predicted octanol–water partition coefficient (Wildman–Crippen LogP) is 8.55. The molecule has 2 atom stereocenters. The van der Waals surface area contributed by atoms with Crippen molar-refractivity contribution in [3.63, 3.8) is 0 Å². The molecule has 10 heteroatoms. The largest absolute Gasteiger partial charge is 0.472 e. The Hall–Kier alpha value is -0.990. The number of phosphoric acid groups is 1. The quantitative estimate of drug-likeness (QED) is 0.0430. The molecule has 250 valence electrons. The van der Waals surface area contributed by atoms with E-state index in [1.807, 2.05) is 0 Å². The van der Waals surface area contributed by atoms with Gasteiger partial charge in [-0.1, -0.05) is 136 Å². The molecule has 0 heterocycles. The summed E-state index contributed by atoms with van der Waals surface area (Å²) in [7, 11) is -4.35. The molecule has 0 aliphatic rings. The fraction of sp³-hybridized carbons (Fsp3) is 0.938. The van der Waals surface area contributed by atoms with Gasteiger partial charge in [0.1, 0.15) is 6.61 Å². The van der Waals surface area contributed by atoms with E-state index >= 15 is 0 Å². The first-order chi connectivity index (χ1) is 20.3. The normalized spacial score (nSPS) is 13.5. The van der Waals surface area contributed by atoms with Crippen molar-refractivity contribution >= 4 is 19.8 Å². The lowest BCUT2D eigenvalue weighted by molar-refractivity contribution is -0.161. The highest BCUT2D eigenvalue weighted by Crippen LogP contribution is 2.43. The van der Waals surface area contributed by atoms with E-state index in [0.29, 0.717) is 6.42 Å². The molecule has 42 heavy (non-hydrogen) atoms. The third-order valence-corrected chi connectivity index (χ3v) is 8.23. The maximum atomic E-state index is 12.4.